The summed E-state index contributed by atoms with van der Waals surface area (Å²) in [5.41, 5.74) is 1.99. The van der Waals surface area contributed by atoms with Gasteiger partial charge < -0.3 is 13.9 Å². The number of allylic oxidation sites excluding steroid dienone is 2. The van der Waals surface area contributed by atoms with E-state index in [0.29, 0.717) is 22.5 Å². The summed E-state index contributed by atoms with van der Waals surface area (Å²) < 4.78 is 19.3. The molecule has 150 valence electrons. The molecule has 0 N–H and O–H groups in total. The Morgan fingerprint density at radius 2 is 1.58 bits per heavy atom. The van der Waals surface area contributed by atoms with E-state index in [4.69, 9.17) is 13.9 Å². The average Bonchev–Trinajstić information content (AvgIpc) is 3.01. The Hall–Kier alpha value is -0.323. The van der Waals surface area contributed by atoms with Crippen molar-refractivity contribution in [2.45, 2.75) is 103 Å². The van der Waals surface area contributed by atoms with Crippen molar-refractivity contribution in [3.8, 4) is 0 Å². The summed E-state index contributed by atoms with van der Waals surface area (Å²) in [7, 11) is -1.91. The van der Waals surface area contributed by atoms with Gasteiger partial charge >= 0.3 is 0 Å². The van der Waals surface area contributed by atoms with Crippen LogP contribution < -0.4 is 0 Å². The zero-order valence-electron chi connectivity index (χ0n) is 18.1. The van der Waals surface area contributed by atoms with Crippen LogP contribution >= 0.6 is 0 Å². The first-order valence-electron chi connectivity index (χ1n) is 10.8. The summed E-state index contributed by atoms with van der Waals surface area (Å²) >= 11 is 0. The van der Waals surface area contributed by atoms with E-state index in [1.54, 1.807) is 0 Å². The van der Waals surface area contributed by atoms with Gasteiger partial charge in [0.2, 0.25) is 0 Å². The fourth-order valence-corrected chi connectivity index (χ4v) is 11.6. The normalized spacial score (nSPS) is 31.6. The lowest BCUT2D eigenvalue weighted by Crippen LogP contribution is -2.52. The third-order valence-electron chi connectivity index (χ3n) is 7.70. The van der Waals surface area contributed by atoms with Crippen LogP contribution in [0.25, 0.3) is 0 Å². The highest BCUT2D eigenvalue weighted by molar-refractivity contribution is 6.77. The second kappa shape index (κ2) is 7.25. The molecule has 1 heterocycles. The van der Waals surface area contributed by atoms with Crippen molar-refractivity contribution >= 4 is 8.32 Å². The third kappa shape index (κ3) is 3.20. The Bertz CT molecular complexity index is 512. The summed E-state index contributed by atoms with van der Waals surface area (Å²) in [6, 6.07) is 0. The van der Waals surface area contributed by atoms with Gasteiger partial charge in [-0.2, -0.15) is 0 Å². The lowest BCUT2D eigenvalue weighted by atomic mass is 9.61. The first-order chi connectivity index (χ1) is 12.2. The summed E-state index contributed by atoms with van der Waals surface area (Å²) in [6.45, 7) is 18.2. The van der Waals surface area contributed by atoms with Crippen LogP contribution in [0.2, 0.25) is 16.6 Å². The van der Waals surface area contributed by atoms with Crippen molar-refractivity contribution in [1.29, 1.82) is 0 Å². The minimum absolute atomic E-state index is 0.149. The van der Waals surface area contributed by atoms with Crippen LogP contribution in [0.4, 0.5) is 0 Å². The number of hydrogen-bond donors (Lipinski definition) is 0. The fourth-order valence-electron chi connectivity index (χ4n) is 6.21. The smallest absolute Gasteiger partial charge is 0.258 e. The summed E-state index contributed by atoms with van der Waals surface area (Å²) in [5.74, 6) is 1.62. The summed E-state index contributed by atoms with van der Waals surface area (Å²) in [4.78, 5) is 0. The predicted molar refractivity (Wildman–Crippen MR) is 110 cm³/mol. The van der Waals surface area contributed by atoms with Gasteiger partial charge in [0.1, 0.15) is 0 Å². The quantitative estimate of drug-likeness (QED) is 0.516. The molecule has 3 aliphatic rings. The lowest BCUT2D eigenvalue weighted by molar-refractivity contribution is -0.206. The SMILES string of the molecule is CC(C)[Si](OC1=CCC[C@@H]2CC3(CC[C@]12C)OCCO3)(C(C)C)C(C)C. The molecular weight excluding hydrogens is 340 g/mol. The van der Waals surface area contributed by atoms with Gasteiger partial charge in [0, 0.05) is 18.3 Å². The van der Waals surface area contributed by atoms with Crippen molar-refractivity contribution in [2.24, 2.45) is 11.3 Å². The van der Waals surface area contributed by atoms with E-state index in [1.807, 2.05) is 0 Å². The first kappa shape index (κ1) is 20.4. The molecule has 0 aromatic carbocycles. The topological polar surface area (TPSA) is 27.7 Å². The van der Waals surface area contributed by atoms with Gasteiger partial charge in [-0.1, -0.05) is 48.5 Å². The number of rotatable bonds is 5. The second-order valence-electron chi connectivity index (χ2n) is 9.99. The molecule has 0 radical (unpaired) electrons. The zero-order valence-corrected chi connectivity index (χ0v) is 19.1. The van der Waals surface area contributed by atoms with Gasteiger partial charge in [0.25, 0.3) is 8.32 Å². The summed E-state index contributed by atoms with van der Waals surface area (Å²) in [6.07, 6.45) is 7.94. The molecule has 3 nitrogen and oxygen atoms in total. The van der Waals surface area contributed by atoms with Gasteiger partial charge in [-0.15, -0.1) is 0 Å². The highest BCUT2D eigenvalue weighted by atomic mass is 28.4. The maximum absolute atomic E-state index is 7.21. The number of fused-ring (bicyclic) bond motifs is 1. The second-order valence-corrected chi connectivity index (χ2v) is 15.4. The molecule has 2 fully saturated rings. The van der Waals surface area contributed by atoms with Gasteiger partial charge in [-0.25, -0.2) is 0 Å². The van der Waals surface area contributed by atoms with Crippen LogP contribution in [0.1, 0.15) is 80.6 Å². The molecule has 0 amide bonds. The van der Waals surface area contributed by atoms with Crippen molar-refractivity contribution < 1.29 is 13.9 Å². The molecule has 2 atom stereocenters. The molecule has 0 unspecified atom stereocenters. The maximum Gasteiger partial charge on any atom is 0.258 e. The van der Waals surface area contributed by atoms with E-state index in [9.17, 15) is 0 Å². The molecule has 3 rings (SSSR count). The van der Waals surface area contributed by atoms with Crippen LogP contribution in [-0.4, -0.2) is 27.3 Å². The molecule has 1 saturated carbocycles. The Morgan fingerprint density at radius 1 is 1.00 bits per heavy atom. The predicted octanol–water partition coefficient (Wildman–Crippen LogP) is 6.41. The van der Waals surface area contributed by atoms with Crippen LogP contribution in [0.15, 0.2) is 11.8 Å². The van der Waals surface area contributed by atoms with E-state index in [-0.39, 0.29) is 11.2 Å². The molecule has 1 spiro atoms. The molecular formula is C22H40O3Si. The monoisotopic (exact) mass is 380 g/mol. The number of ether oxygens (including phenoxy) is 2. The molecule has 0 bridgehead atoms. The highest BCUT2D eigenvalue weighted by Gasteiger charge is 2.55. The van der Waals surface area contributed by atoms with E-state index in [0.717, 1.165) is 38.9 Å². The first-order valence-corrected chi connectivity index (χ1v) is 13.0. The highest BCUT2D eigenvalue weighted by Crippen LogP contribution is 2.57. The van der Waals surface area contributed by atoms with Crippen molar-refractivity contribution in [3.05, 3.63) is 11.8 Å². The van der Waals surface area contributed by atoms with E-state index < -0.39 is 8.32 Å². The number of hydrogen-bond acceptors (Lipinski definition) is 3. The Kier molecular flexibility index (Phi) is 5.69. The van der Waals surface area contributed by atoms with E-state index >= 15 is 0 Å². The van der Waals surface area contributed by atoms with Crippen molar-refractivity contribution in [2.75, 3.05) is 13.2 Å². The van der Waals surface area contributed by atoms with E-state index in [1.165, 1.54) is 12.2 Å². The third-order valence-corrected chi connectivity index (χ3v) is 13.7. The van der Waals surface area contributed by atoms with Crippen LogP contribution in [0, 0.1) is 11.3 Å². The van der Waals surface area contributed by atoms with Crippen LogP contribution in [0.3, 0.4) is 0 Å². The standard InChI is InChI=1S/C22H40O3Si/c1-16(2)26(17(3)4,18(5)6)25-20-10-8-9-19-15-22(23-13-14-24-22)12-11-21(19,20)7/h10,16-19H,8-9,11-15H2,1-7H3/t19-,21+/m1/s1. The maximum atomic E-state index is 7.21. The Labute approximate surface area is 162 Å². The van der Waals surface area contributed by atoms with Gasteiger partial charge in [-0.05, 0) is 47.9 Å². The van der Waals surface area contributed by atoms with E-state index in [2.05, 4.69) is 54.5 Å². The van der Waals surface area contributed by atoms with Crippen molar-refractivity contribution in [3.63, 3.8) is 0 Å². The molecule has 0 aromatic heterocycles. The van der Waals surface area contributed by atoms with Gasteiger partial charge in [-0.3, -0.25) is 0 Å². The molecule has 0 aromatic rings. The van der Waals surface area contributed by atoms with Crippen LogP contribution in [0.5, 0.6) is 0 Å². The minimum atomic E-state index is -1.91. The van der Waals surface area contributed by atoms with Gasteiger partial charge in [0.05, 0.1) is 19.0 Å². The largest absolute Gasteiger partial charge is 0.546 e. The molecule has 2 aliphatic carbocycles. The minimum Gasteiger partial charge on any atom is -0.546 e. The zero-order chi connectivity index (χ0) is 19.2. The van der Waals surface area contributed by atoms with Crippen molar-refractivity contribution in [1.82, 2.24) is 0 Å². The average molecular weight is 381 g/mol. The Morgan fingerprint density at radius 3 is 2.12 bits per heavy atom. The molecule has 1 aliphatic heterocycles. The van der Waals surface area contributed by atoms with Crippen LogP contribution in [-0.2, 0) is 13.9 Å². The molecule has 1 saturated heterocycles. The molecule has 26 heavy (non-hydrogen) atoms. The molecule has 4 heteroatoms. The Balaban J connectivity index is 1.87. The fraction of sp³-hybridized carbons (Fsp3) is 0.909. The lowest BCUT2D eigenvalue weighted by Gasteiger charge is -2.53. The summed E-state index contributed by atoms with van der Waals surface area (Å²) in [5, 5.41) is 0. The van der Waals surface area contributed by atoms with Gasteiger partial charge in [0.15, 0.2) is 5.79 Å².